The fourth-order valence-electron chi connectivity index (χ4n) is 2.49. The molecule has 1 heterocycles. The molecule has 11 nitrogen and oxygen atoms in total. The lowest BCUT2D eigenvalue weighted by molar-refractivity contribution is -0.384. The van der Waals surface area contributed by atoms with Gasteiger partial charge in [0.2, 0.25) is 0 Å². The second kappa shape index (κ2) is 11.2. The van der Waals surface area contributed by atoms with Crippen LogP contribution >= 0.6 is 22.9 Å². The van der Waals surface area contributed by atoms with Crippen LogP contribution in [-0.4, -0.2) is 42.3 Å². The van der Waals surface area contributed by atoms with Gasteiger partial charge in [0.25, 0.3) is 5.69 Å². The molecule has 2 aromatic rings. The molecule has 0 radical (unpaired) electrons. The molecule has 2 amide bonds. The molecule has 0 aliphatic rings. The zero-order valence-corrected chi connectivity index (χ0v) is 18.8. The third-order valence-electron chi connectivity index (χ3n) is 3.86. The van der Waals surface area contributed by atoms with Gasteiger partial charge >= 0.3 is 18.0 Å². The van der Waals surface area contributed by atoms with Gasteiger partial charge in [-0.05, 0) is 32.4 Å². The summed E-state index contributed by atoms with van der Waals surface area (Å²) in [4.78, 5) is 47.2. The van der Waals surface area contributed by atoms with E-state index in [0.29, 0.717) is 11.1 Å². The zero-order chi connectivity index (χ0) is 23.8. The third kappa shape index (κ3) is 6.02. The number of hydrogen-bond donors (Lipinski definition) is 2. The van der Waals surface area contributed by atoms with Crippen molar-refractivity contribution in [2.24, 2.45) is 5.10 Å². The maximum absolute atomic E-state index is 12.3. The Morgan fingerprint density at radius 1 is 1.22 bits per heavy atom. The van der Waals surface area contributed by atoms with Gasteiger partial charge in [-0.2, -0.15) is 5.10 Å². The normalized spacial score (nSPS) is 10.6. The van der Waals surface area contributed by atoms with Crippen LogP contribution in [0, 0.1) is 17.0 Å². The maximum Gasteiger partial charge on any atom is 0.348 e. The number of halogens is 1. The lowest BCUT2D eigenvalue weighted by atomic mass is 10.1. The number of esters is 2. The van der Waals surface area contributed by atoms with Gasteiger partial charge in [-0.15, -0.1) is 11.3 Å². The van der Waals surface area contributed by atoms with Gasteiger partial charge in [-0.25, -0.2) is 19.8 Å². The minimum Gasteiger partial charge on any atom is -0.462 e. The van der Waals surface area contributed by atoms with Crippen LogP contribution in [0.5, 0.6) is 0 Å². The lowest BCUT2D eigenvalue weighted by Gasteiger charge is -2.06. The Hall–Kier alpha value is -3.51. The van der Waals surface area contributed by atoms with Crippen LogP contribution in [-0.2, 0) is 9.47 Å². The molecular weight excluding hydrogens is 464 g/mol. The highest BCUT2D eigenvalue weighted by molar-refractivity contribution is 7.18. The highest BCUT2D eigenvalue weighted by Gasteiger charge is 2.27. The lowest BCUT2D eigenvalue weighted by Crippen LogP contribution is -2.24. The van der Waals surface area contributed by atoms with E-state index in [1.54, 1.807) is 20.8 Å². The number of hydrogen-bond acceptors (Lipinski definition) is 9. The predicted octanol–water partition coefficient (Wildman–Crippen LogP) is 4.13. The van der Waals surface area contributed by atoms with Gasteiger partial charge < -0.3 is 9.47 Å². The number of anilines is 1. The number of urea groups is 1. The Morgan fingerprint density at radius 2 is 1.88 bits per heavy atom. The smallest absolute Gasteiger partial charge is 0.348 e. The van der Waals surface area contributed by atoms with Crippen molar-refractivity contribution in [1.29, 1.82) is 0 Å². The third-order valence-corrected chi connectivity index (χ3v) is 5.37. The molecule has 0 saturated heterocycles. The topological polar surface area (TPSA) is 149 Å². The predicted molar refractivity (Wildman–Crippen MR) is 119 cm³/mol. The number of nitro groups is 1. The standard InChI is InChI=1S/C19H19ClN4O7S/c1-4-30-17(25)14-10(3)15(18(26)31-5-2)32-16(14)22-19(27)23-21-9-11-6-7-12(20)13(8-11)24(28)29/h6-9H,4-5H2,1-3H3,(H2,22,23,27)/b21-9+. The zero-order valence-electron chi connectivity index (χ0n) is 17.3. The van der Waals surface area contributed by atoms with Gasteiger partial charge in [0.1, 0.15) is 14.9 Å². The van der Waals surface area contributed by atoms with E-state index in [1.165, 1.54) is 24.4 Å². The summed E-state index contributed by atoms with van der Waals surface area (Å²) < 4.78 is 9.99. The molecule has 0 atom stereocenters. The number of rotatable bonds is 8. The highest BCUT2D eigenvalue weighted by atomic mass is 35.5. The number of ether oxygens (including phenoxy) is 2. The van der Waals surface area contributed by atoms with Crippen LogP contribution < -0.4 is 10.7 Å². The molecule has 2 rings (SSSR count). The van der Waals surface area contributed by atoms with E-state index >= 15 is 0 Å². The van der Waals surface area contributed by atoms with Crippen LogP contribution in [0.2, 0.25) is 5.02 Å². The number of benzene rings is 1. The summed E-state index contributed by atoms with van der Waals surface area (Å²) in [6, 6.07) is 3.19. The first kappa shape index (κ1) is 24.8. The number of carbonyl (C=O) groups is 3. The maximum atomic E-state index is 12.3. The van der Waals surface area contributed by atoms with Crippen LogP contribution in [0.15, 0.2) is 23.3 Å². The molecular formula is C19H19ClN4O7S. The largest absolute Gasteiger partial charge is 0.462 e. The monoisotopic (exact) mass is 482 g/mol. The van der Waals surface area contributed by atoms with Gasteiger partial charge in [-0.1, -0.05) is 17.7 Å². The highest BCUT2D eigenvalue weighted by Crippen LogP contribution is 2.34. The molecule has 1 aromatic heterocycles. The minimum atomic E-state index is -0.813. The second-order valence-electron chi connectivity index (χ2n) is 5.99. The molecule has 32 heavy (non-hydrogen) atoms. The number of carbonyl (C=O) groups excluding carboxylic acids is 3. The summed E-state index contributed by atoms with van der Waals surface area (Å²) in [5.41, 5.74) is 2.55. The number of thiophene rings is 1. The Labute approximate surface area is 191 Å². The van der Waals surface area contributed by atoms with Crippen molar-refractivity contribution in [1.82, 2.24) is 5.43 Å². The SMILES string of the molecule is CCOC(=O)c1sc(NC(=O)N/N=C/c2ccc(Cl)c([N+](=O)[O-])c2)c(C(=O)OCC)c1C. The van der Waals surface area contributed by atoms with E-state index in [4.69, 9.17) is 21.1 Å². The van der Waals surface area contributed by atoms with Crippen molar-refractivity contribution < 1.29 is 28.8 Å². The summed E-state index contributed by atoms with van der Waals surface area (Å²) in [5, 5.41) is 17.2. The second-order valence-corrected chi connectivity index (χ2v) is 7.42. The van der Waals surface area contributed by atoms with Gasteiger partial charge in [0.15, 0.2) is 0 Å². The first-order valence-corrected chi connectivity index (χ1v) is 10.4. The summed E-state index contributed by atoms with van der Waals surface area (Å²) in [7, 11) is 0. The Balaban J connectivity index is 2.19. The number of hydrazone groups is 1. The molecule has 0 saturated carbocycles. The van der Waals surface area contributed by atoms with Crippen molar-refractivity contribution in [3.63, 3.8) is 0 Å². The van der Waals surface area contributed by atoms with Crippen LogP contribution in [0.25, 0.3) is 0 Å². The van der Waals surface area contributed by atoms with Gasteiger partial charge in [-0.3, -0.25) is 15.4 Å². The van der Waals surface area contributed by atoms with Crippen molar-refractivity contribution in [3.05, 3.63) is 54.9 Å². The fourth-order valence-corrected chi connectivity index (χ4v) is 3.76. The molecule has 2 N–H and O–H groups in total. The number of nitro benzene ring substituents is 1. The molecule has 13 heteroatoms. The summed E-state index contributed by atoms with van der Waals surface area (Å²) in [5.74, 6) is -1.33. The summed E-state index contributed by atoms with van der Waals surface area (Å²) in [6.07, 6.45) is 1.18. The van der Waals surface area contributed by atoms with Crippen LogP contribution in [0.3, 0.4) is 0 Å². The number of nitrogens with one attached hydrogen (secondary N) is 2. The molecule has 1 aromatic carbocycles. The first-order valence-electron chi connectivity index (χ1n) is 9.21. The molecule has 0 unspecified atom stereocenters. The first-order chi connectivity index (χ1) is 15.2. The fraction of sp³-hybridized carbons (Fsp3) is 0.263. The molecule has 0 aliphatic heterocycles. The average molecular weight is 483 g/mol. The van der Waals surface area contributed by atoms with E-state index in [0.717, 1.165) is 11.3 Å². The molecule has 170 valence electrons. The van der Waals surface area contributed by atoms with Gasteiger partial charge in [0.05, 0.1) is 29.9 Å². The number of amides is 2. The van der Waals surface area contributed by atoms with Crippen LogP contribution in [0.1, 0.15) is 45.0 Å². The van der Waals surface area contributed by atoms with Gasteiger partial charge in [0, 0.05) is 11.6 Å². The Morgan fingerprint density at radius 3 is 2.50 bits per heavy atom. The van der Waals surface area contributed by atoms with Crippen molar-refractivity contribution >= 4 is 57.8 Å². The minimum absolute atomic E-state index is 0.0326. The summed E-state index contributed by atoms with van der Waals surface area (Å²) >= 11 is 6.61. The van der Waals surface area contributed by atoms with Crippen molar-refractivity contribution in [3.8, 4) is 0 Å². The molecule has 0 bridgehead atoms. The van der Waals surface area contributed by atoms with E-state index in [2.05, 4.69) is 15.8 Å². The molecule has 0 spiro atoms. The van der Waals surface area contributed by atoms with Crippen molar-refractivity contribution in [2.45, 2.75) is 20.8 Å². The van der Waals surface area contributed by atoms with E-state index in [9.17, 15) is 24.5 Å². The van der Waals surface area contributed by atoms with E-state index < -0.39 is 22.9 Å². The molecule has 0 aliphatic carbocycles. The molecule has 0 fully saturated rings. The van der Waals surface area contributed by atoms with Crippen molar-refractivity contribution in [2.75, 3.05) is 18.5 Å². The van der Waals surface area contributed by atoms with E-state index in [1.807, 2.05) is 0 Å². The van der Waals surface area contributed by atoms with Crippen LogP contribution in [0.4, 0.5) is 15.5 Å². The Kier molecular flexibility index (Phi) is 8.67. The Bertz CT molecular complexity index is 1080. The quantitative estimate of drug-likeness (QED) is 0.248. The summed E-state index contributed by atoms with van der Waals surface area (Å²) in [6.45, 7) is 5.07. The van der Waals surface area contributed by atoms with E-state index in [-0.39, 0.29) is 39.4 Å². The average Bonchev–Trinajstić information content (AvgIpc) is 3.05. The number of nitrogens with zero attached hydrogens (tertiary/aromatic N) is 2.